The summed E-state index contributed by atoms with van der Waals surface area (Å²) < 4.78 is 0. The summed E-state index contributed by atoms with van der Waals surface area (Å²) in [5.74, 6) is 0.578. The van der Waals surface area contributed by atoms with E-state index < -0.39 is 0 Å². The molecule has 0 fully saturated rings. The Hall–Kier alpha value is -1.09. The third-order valence-electron chi connectivity index (χ3n) is 2.29. The Labute approximate surface area is 85.7 Å². The van der Waals surface area contributed by atoms with Crippen LogP contribution in [-0.4, -0.2) is 11.5 Å². The first kappa shape index (κ1) is 11.0. The average molecular weight is 193 g/mol. The molecule has 3 heteroatoms. The smallest absolute Gasteiger partial charge is 0.123 e. The first-order valence-corrected chi connectivity index (χ1v) is 5.19. The van der Waals surface area contributed by atoms with Crippen molar-refractivity contribution in [3.05, 3.63) is 23.9 Å². The van der Waals surface area contributed by atoms with E-state index in [-0.39, 0.29) is 0 Å². The zero-order valence-electron chi connectivity index (χ0n) is 8.96. The number of unbranched alkanes of at least 4 members (excludes halogenated alkanes) is 1. The molecule has 0 bridgehead atoms. The quantitative estimate of drug-likeness (QED) is 0.704. The van der Waals surface area contributed by atoms with Crippen molar-refractivity contribution in [2.45, 2.75) is 32.7 Å². The molecule has 0 saturated carbocycles. The molecular formula is C11H19N3. The third kappa shape index (κ3) is 3.34. The molecule has 1 aromatic heterocycles. The Morgan fingerprint density at radius 2 is 2.29 bits per heavy atom. The fourth-order valence-corrected chi connectivity index (χ4v) is 1.29. The molecule has 0 aliphatic rings. The van der Waals surface area contributed by atoms with E-state index in [2.05, 4.69) is 24.1 Å². The van der Waals surface area contributed by atoms with Gasteiger partial charge in [0.1, 0.15) is 5.82 Å². The van der Waals surface area contributed by atoms with E-state index in [0.717, 1.165) is 6.54 Å². The van der Waals surface area contributed by atoms with Crippen LogP contribution in [0, 0.1) is 0 Å². The van der Waals surface area contributed by atoms with Gasteiger partial charge >= 0.3 is 0 Å². The normalized spacial score (nSPS) is 12.7. The minimum Gasteiger partial charge on any atom is -0.384 e. The predicted octanol–water partition coefficient (Wildman–Crippen LogP) is 2.11. The first-order valence-electron chi connectivity index (χ1n) is 5.19. The largest absolute Gasteiger partial charge is 0.384 e. The molecule has 0 spiro atoms. The lowest BCUT2D eigenvalue weighted by molar-refractivity contribution is 0.553. The van der Waals surface area contributed by atoms with Gasteiger partial charge in [-0.2, -0.15) is 0 Å². The molecule has 0 aromatic carbocycles. The Morgan fingerprint density at radius 3 is 2.86 bits per heavy atom. The van der Waals surface area contributed by atoms with Gasteiger partial charge in [-0.25, -0.2) is 4.98 Å². The minimum atomic E-state index is 0.356. The van der Waals surface area contributed by atoms with Gasteiger partial charge in [-0.15, -0.1) is 0 Å². The highest BCUT2D eigenvalue weighted by molar-refractivity contribution is 5.30. The van der Waals surface area contributed by atoms with E-state index in [4.69, 9.17) is 5.73 Å². The van der Waals surface area contributed by atoms with Crippen molar-refractivity contribution in [3.8, 4) is 0 Å². The van der Waals surface area contributed by atoms with Crippen LogP contribution in [0.4, 0.5) is 5.82 Å². The van der Waals surface area contributed by atoms with Crippen LogP contribution >= 0.6 is 0 Å². The van der Waals surface area contributed by atoms with Crippen LogP contribution in [0.2, 0.25) is 0 Å². The van der Waals surface area contributed by atoms with Crippen molar-refractivity contribution in [1.82, 2.24) is 10.3 Å². The summed E-state index contributed by atoms with van der Waals surface area (Å²) in [6, 6.07) is 4.22. The number of nitrogen functional groups attached to an aromatic ring is 1. The van der Waals surface area contributed by atoms with E-state index in [1.807, 2.05) is 18.3 Å². The molecule has 1 atom stereocenters. The highest BCUT2D eigenvalue weighted by Crippen LogP contribution is 2.11. The van der Waals surface area contributed by atoms with Crippen molar-refractivity contribution in [3.63, 3.8) is 0 Å². The maximum absolute atomic E-state index is 5.52. The zero-order chi connectivity index (χ0) is 10.4. The second-order valence-electron chi connectivity index (χ2n) is 3.55. The van der Waals surface area contributed by atoms with E-state index in [1.54, 1.807) is 0 Å². The van der Waals surface area contributed by atoms with Gasteiger partial charge < -0.3 is 11.1 Å². The second kappa shape index (κ2) is 5.60. The number of nitrogens with two attached hydrogens (primary N) is 1. The average Bonchev–Trinajstić information content (AvgIpc) is 2.19. The molecule has 14 heavy (non-hydrogen) atoms. The summed E-state index contributed by atoms with van der Waals surface area (Å²) in [7, 11) is 0. The number of nitrogens with zero attached hydrogens (tertiary/aromatic N) is 1. The van der Waals surface area contributed by atoms with Crippen LogP contribution in [0.3, 0.4) is 0 Å². The highest BCUT2D eigenvalue weighted by atomic mass is 14.9. The summed E-state index contributed by atoms with van der Waals surface area (Å²) in [6.45, 7) is 5.39. The molecule has 1 rings (SSSR count). The van der Waals surface area contributed by atoms with Gasteiger partial charge in [0, 0.05) is 12.2 Å². The van der Waals surface area contributed by atoms with Crippen molar-refractivity contribution in [1.29, 1.82) is 0 Å². The molecule has 0 aliphatic carbocycles. The molecular weight excluding hydrogens is 174 g/mol. The van der Waals surface area contributed by atoms with Crippen LogP contribution in [0.25, 0.3) is 0 Å². The lowest BCUT2D eigenvalue weighted by atomic mass is 10.1. The van der Waals surface area contributed by atoms with Crippen molar-refractivity contribution >= 4 is 5.82 Å². The third-order valence-corrected chi connectivity index (χ3v) is 2.29. The molecule has 1 unspecified atom stereocenters. The van der Waals surface area contributed by atoms with Crippen LogP contribution in [0.5, 0.6) is 0 Å². The minimum absolute atomic E-state index is 0.356. The number of pyridine rings is 1. The fourth-order valence-electron chi connectivity index (χ4n) is 1.29. The SMILES string of the molecule is CCCCNC(C)c1ccc(N)nc1. The Balaban J connectivity index is 2.43. The molecule has 1 heterocycles. The van der Waals surface area contributed by atoms with Crippen molar-refractivity contribution < 1.29 is 0 Å². The number of nitrogens with one attached hydrogen (secondary N) is 1. The summed E-state index contributed by atoms with van der Waals surface area (Å²) in [4.78, 5) is 4.07. The molecule has 0 amide bonds. The molecule has 0 aliphatic heterocycles. The Morgan fingerprint density at radius 1 is 1.50 bits per heavy atom. The predicted molar refractivity (Wildman–Crippen MR) is 60.0 cm³/mol. The van der Waals surface area contributed by atoms with Gasteiger partial charge in [-0.05, 0) is 31.5 Å². The van der Waals surface area contributed by atoms with E-state index >= 15 is 0 Å². The number of rotatable bonds is 5. The molecule has 0 saturated heterocycles. The monoisotopic (exact) mass is 193 g/mol. The lowest BCUT2D eigenvalue weighted by Crippen LogP contribution is -2.19. The van der Waals surface area contributed by atoms with Crippen LogP contribution in [0.1, 0.15) is 38.3 Å². The number of aromatic nitrogens is 1. The summed E-state index contributed by atoms with van der Waals surface area (Å²) in [5, 5.41) is 3.44. The van der Waals surface area contributed by atoms with Gasteiger partial charge in [0.2, 0.25) is 0 Å². The van der Waals surface area contributed by atoms with Crippen molar-refractivity contribution in [2.75, 3.05) is 12.3 Å². The summed E-state index contributed by atoms with van der Waals surface area (Å²) in [6.07, 6.45) is 4.27. The number of hydrogen-bond donors (Lipinski definition) is 2. The molecule has 3 nitrogen and oxygen atoms in total. The van der Waals surface area contributed by atoms with Gasteiger partial charge in [0.05, 0.1) is 0 Å². The Bertz CT molecular complexity index is 256. The molecule has 78 valence electrons. The molecule has 0 radical (unpaired) electrons. The molecule has 3 N–H and O–H groups in total. The van der Waals surface area contributed by atoms with E-state index in [0.29, 0.717) is 11.9 Å². The lowest BCUT2D eigenvalue weighted by Gasteiger charge is -2.13. The Kier molecular flexibility index (Phi) is 4.40. The van der Waals surface area contributed by atoms with Gasteiger partial charge in [-0.1, -0.05) is 19.4 Å². The van der Waals surface area contributed by atoms with Gasteiger partial charge in [0.15, 0.2) is 0 Å². The maximum Gasteiger partial charge on any atom is 0.123 e. The van der Waals surface area contributed by atoms with Crippen LogP contribution < -0.4 is 11.1 Å². The van der Waals surface area contributed by atoms with Crippen molar-refractivity contribution in [2.24, 2.45) is 0 Å². The highest BCUT2D eigenvalue weighted by Gasteiger charge is 2.03. The maximum atomic E-state index is 5.52. The summed E-state index contributed by atoms with van der Waals surface area (Å²) >= 11 is 0. The number of hydrogen-bond acceptors (Lipinski definition) is 3. The topological polar surface area (TPSA) is 50.9 Å². The fraction of sp³-hybridized carbons (Fsp3) is 0.545. The summed E-state index contributed by atoms with van der Waals surface area (Å²) in [5.41, 5.74) is 6.71. The van der Waals surface area contributed by atoms with Crippen LogP contribution in [0.15, 0.2) is 18.3 Å². The van der Waals surface area contributed by atoms with E-state index in [9.17, 15) is 0 Å². The molecule has 1 aromatic rings. The van der Waals surface area contributed by atoms with Gasteiger partial charge in [-0.3, -0.25) is 0 Å². The van der Waals surface area contributed by atoms with E-state index in [1.165, 1.54) is 18.4 Å². The van der Waals surface area contributed by atoms with Crippen LogP contribution in [-0.2, 0) is 0 Å². The van der Waals surface area contributed by atoms with Gasteiger partial charge in [0.25, 0.3) is 0 Å². The standard InChI is InChI=1S/C11H19N3/c1-3-4-7-13-9(2)10-5-6-11(12)14-8-10/h5-6,8-9,13H,3-4,7H2,1-2H3,(H2,12,14). The first-order chi connectivity index (χ1) is 6.74. The zero-order valence-corrected chi connectivity index (χ0v) is 8.96. The second-order valence-corrected chi connectivity index (χ2v) is 3.55. The number of anilines is 1.